The van der Waals surface area contributed by atoms with E-state index in [1.807, 2.05) is 13.8 Å². The van der Waals surface area contributed by atoms with Crippen molar-refractivity contribution in [2.75, 3.05) is 0 Å². The van der Waals surface area contributed by atoms with Gasteiger partial charge in [0.15, 0.2) is 0 Å². The topological polar surface area (TPSA) is 58.3 Å². The quantitative estimate of drug-likeness (QED) is 0.422. The molecule has 0 aliphatic heterocycles. The number of hydrogen-bond acceptors (Lipinski definition) is 3. The maximum absolute atomic E-state index is 13.3. The van der Waals surface area contributed by atoms with Crippen LogP contribution in [0, 0.1) is 5.82 Å². The first kappa shape index (κ1) is 25.7. The molecule has 0 saturated carbocycles. The van der Waals surface area contributed by atoms with Crippen molar-refractivity contribution in [3.8, 4) is 5.69 Å². The van der Waals surface area contributed by atoms with E-state index in [-0.39, 0.29) is 17.3 Å². The zero-order chi connectivity index (χ0) is 25.5. The highest BCUT2D eigenvalue weighted by atomic mass is 19.4. The molecular weight excluding hydrogens is 469 g/mol. The molecule has 184 valence electrons. The number of aliphatic hydroxyl groups is 2. The summed E-state index contributed by atoms with van der Waals surface area (Å²) in [6, 6.07) is 7.98. The summed E-state index contributed by atoms with van der Waals surface area (Å²) in [7, 11) is 0. The number of imidazole rings is 1. The fourth-order valence-corrected chi connectivity index (χ4v) is 3.54. The number of alkyl halides is 6. The fraction of sp³-hybridized carbons (Fsp3) is 0.348. The molecule has 3 rings (SSSR count). The molecule has 11 heteroatoms. The van der Waals surface area contributed by atoms with Crippen LogP contribution in [0.4, 0.5) is 30.7 Å². The van der Waals surface area contributed by atoms with Crippen LogP contribution in [0.15, 0.2) is 54.7 Å². The summed E-state index contributed by atoms with van der Waals surface area (Å²) in [6.07, 6.45) is -11.4. The number of aliphatic hydroxyl groups excluding tert-OH is 1. The zero-order valence-corrected chi connectivity index (χ0v) is 18.0. The molecule has 0 aliphatic carbocycles. The minimum atomic E-state index is -6.01. The number of halogens is 7. The zero-order valence-electron chi connectivity index (χ0n) is 18.0. The number of nitrogens with zero attached hydrogens (tertiary/aromatic N) is 2. The average molecular weight is 490 g/mol. The lowest BCUT2D eigenvalue weighted by Gasteiger charge is -2.32. The van der Waals surface area contributed by atoms with Gasteiger partial charge in [0.25, 0.3) is 5.60 Å². The van der Waals surface area contributed by atoms with Crippen LogP contribution in [0.3, 0.4) is 0 Å². The minimum absolute atomic E-state index is 0.124. The lowest BCUT2D eigenvalue weighted by atomic mass is 9.92. The van der Waals surface area contributed by atoms with Gasteiger partial charge in [0.1, 0.15) is 17.7 Å². The SMILES string of the molecule is CCC(C)c1ncc(C(O)c2ccc(F)cc2)n1-c1ccc(C(O)(C(F)(F)F)C(F)(F)F)cc1. The number of hydrogen-bond donors (Lipinski definition) is 2. The number of aromatic nitrogens is 2. The largest absolute Gasteiger partial charge is 0.430 e. The molecule has 0 fully saturated rings. The summed E-state index contributed by atoms with van der Waals surface area (Å²) in [6.45, 7) is 3.67. The van der Waals surface area contributed by atoms with Gasteiger partial charge in [-0.2, -0.15) is 26.3 Å². The monoisotopic (exact) mass is 490 g/mol. The van der Waals surface area contributed by atoms with Gasteiger partial charge in [-0.3, -0.25) is 4.57 Å². The van der Waals surface area contributed by atoms with Crippen LogP contribution in [-0.2, 0) is 5.60 Å². The predicted molar refractivity (Wildman–Crippen MR) is 109 cm³/mol. The molecule has 0 bridgehead atoms. The molecule has 3 aromatic rings. The molecule has 2 N–H and O–H groups in total. The van der Waals surface area contributed by atoms with Crippen molar-refractivity contribution in [2.45, 2.75) is 50.2 Å². The standard InChI is InChI=1S/C23H21F7N2O2/c1-3-13(2)20-31-12-18(19(33)14-4-8-16(24)9-5-14)32(20)17-10-6-15(7-11-17)21(34,22(25,26)27)23(28,29)30/h4-13,19,33-34H,3H2,1-2H3. The molecule has 2 atom stereocenters. The highest BCUT2D eigenvalue weighted by molar-refractivity contribution is 5.42. The molecule has 4 nitrogen and oxygen atoms in total. The van der Waals surface area contributed by atoms with Gasteiger partial charge in [0, 0.05) is 17.2 Å². The summed E-state index contributed by atoms with van der Waals surface area (Å²) < 4.78 is 94.0. The Morgan fingerprint density at radius 2 is 1.44 bits per heavy atom. The van der Waals surface area contributed by atoms with Crippen LogP contribution >= 0.6 is 0 Å². The van der Waals surface area contributed by atoms with Gasteiger partial charge in [-0.1, -0.05) is 38.1 Å². The van der Waals surface area contributed by atoms with E-state index in [0.29, 0.717) is 29.9 Å². The Morgan fingerprint density at radius 3 is 1.91 bits per heavy atom. The second-order valence-corrected chi connectivity index (χ2v) is 7.89. The van der Waals surface area contributed by atoms with Crippen molar-refractivity contribution in [1.29, 1.82) is 0 Å². The number of rotatable bonds is 6. The van der Waals surface area contributed by atoms with Crippen LogP contribution in [-0.4, -0.2) is 32.1 Å². The van der Waals surface area contributed by atoms with Gasteiger partial charge in [-0.05, 0) is 36.2 Å². The first-order valence-corrected chi connectivity index (χ1v) is 10.2. The van der Waals surface area contributed by atoms with E-state index in [1.165, 1.54) is 22.9 Å². The van der Waals surface area contributed by atoms with Crippen LogP contribution in [0.2, 0.25) is 0 Å². The Labute approximate surface area is 190 Å². The lowest BCUT2D eigenvalue weighted by molar-refractivity contribution is -0.376. The molecule has 0 aliphatic rings. The van der Waals surface area contributed by atoms with Gasteiger partial charge < -0.3 is 10.2 Å². The third-order valence-corrected chi connectivity index (χ3v) is 5.70. The molecule has 2 unspecified atom stereocenters. The van der Waals surface area contributed by atoms with Crippen LogP contribution < -0.4 is 0 Å². The van der Waals surface area contributed by atoms with E-state index in [9.17, 15) is 40.9 Å². The second-order valence-electron chi connectivity index (χ2n) is 7.89. The fourth-order valence-electron chi connectivity index (χ4n) is 3.54. The summed E-state index contributed by atoms with van der Waals surface area (Å²) >= 11 is 0. The van der Waals surface area contributed by atoms with Gasteiger partial charge in [0.2, 0.25) is 0 Å². The third kappa shape index (κ3) is 4.41. The Kier molecular flexibility index (Phi) is 6.82. The van der Waals surface area contributed by atoms with E-state index in [1.54, 1.807) is 0 Å². The molecule has 1 aromatic heterocycles. The van der Waals surface area contributed by atoms with E-state index >= 15 is 0 Å². The van der Waals surface area contributed by atoms with Crippen molar-refractivity contribution in [2.24, 2.45) is 0 Å². The Bertz CT molecular complexity index is 1110. The van der Waals surface area contributed by atoms with Crippen molar-refractivity contribution < 1.29 is 40.9 Å². The van der Waals surface area contributed by atoms with E-state index in [2.05, 4.69) is 4.98 Å². The molecular formula is C23H21F7N2O2. The van der Waals surface area contributed by atoms with Gasteiger partial charge in [0.05, 0.1) is 11.9 Å². The smallest absolute Gasteiger partial charge is 0.382 e. The van der Waals surface area contributed by atoms with E-state index in [4.69, 9.17) is 0 Å². The molecule has 2 aromatic carbocycles. The van der Waals surface area contributed by atoms with Gasteiger partial charge >= 0.3 is 12.4 Å². The predicted octanol–water partition coefficient (Wildman–Crippen LogP) is 5.92. The summed E-state index contributed by atoms with van der Waals surface area (Å²) in [5, 5.41) is 20.5. The van der Waals surface area contributed by atoms with Crippen molar-refractivity contribution in [1.82, 2.24) is 9.55 Å². The Morgan fingerprint density at radius 1 is 0.912 bits per heavy atom. The van der Waals surface area contributed by atoms with E-state index < -0.39 is 35.4 Å². The Hall–Kier alpha value is -2.92. The lowest BCUT2D eigenvalue weighted by Crippen LogP contribution is -2.53. The molecule has 0 saturated heterocycles. The summed E-state index contributed by atoms with van der Waals surface area (Å²) in [5.74, 6) is -0.299. The second kappa shape index (κ2) is 9.03. The first-order valence-electron chi connectivity index (χ1n) is 10.2. The van der Waals surface area contributed by atoms with Crippen molar-refractivity contribution in [3.05, 3.63) is 83.2 Å². The summed E-state index contributed by atoms with van der Waals surface area (Å²) in [5.41, 5.74) is -5.85. The third-order valence-electron chi connectivity index (χ3n) is 5.70. The van der Waals surface area contributed by atoms with Crippen molar-refractivity contribution in [3.63, 3.8) is 0 Å². The maximum atomic E-state index is 13.3. The van der Waals surface area contributed by atoms with Gasteiger partial charge in [-0.15, -0.1) is 0 Å². The molecule has 0 spiro atoms. The molecule has 0 amide bonds. The summed E-state index contributed by atoms with van der Waals surface area (Å²) in [4.78, 5) is 4.30. The van der Waals surface area contributed by atoms with Crippen LogP contribution in [0.25, 0.3) is 5.69 Å². The van der Waals surface area contributed by atoms with E-state index in [0.717, 1.165) is 24.3 Å². The van der Waals surface area contributed by atoms with Crippen molar-refractivity contribution >= 4 is 0 Å². The number of benzene rings is 2. The van der Waals surface area contributed by atoms with Crippen LogP contribution in [0.1, 0.15) is 54.9 Å². The molecule has 34 heavy (non-hydrogen) atoms. The highest BCUT2D eigenvalue weighted by Gasteiger charge is 2.71. The average Bonchev–Trinajstić information content (AvgIpc) is 3.21. The Balaban J connectivity index is 2.14. The normalized spacial score (nSPS) is 14.8. The van der Waals surface area contributed by atoms with Gasteiger partial charge in [-0.25, -0.2) is 9.37 Å². The first-order chi connectivity index (χ1) is 15.7. The highest BCUT2D eigenvalue weighted by Crippen LogP contribution is 2.50. The molecule has 0 radical (unpaired) electrons. The maximum Gasteiger partial charge on any atom is 0.430 e. The molecule has 1 heterocycles. The van der Waals surface area contributed by atoms with Crippen LogP contribution in [0.5, 0.6) is 0 Å². The minimum Gasteiger partial charge on any atom is -0.382 e.